The van der Waals surface area contributed by atoms with Gasteiger partial charge in [-0.05, 0) is 101 Å². The lowest BCUT2D eigenvalue weighted by atomic mass is 9.83. The highest BCUT2D eigenvalue weighted by Crippen LogP contribution is 2.49. The summed E-state index contributed by atoms with van der Waals surface area (Å²) in [5, 5.41) is 3.29. The van der Waals surface area contributed by atoms with E-state index >= 15 is 13.2 Å². The molecule has 7 rings (SSSR count). The van der Waals surface area contributed by atoms with Crippen molar-refractivity contribution in [3.05, 3.63) is 64.9 Å². The van der Waals surface area contributed by atoms with Crippen LogP contribution in [0.15, 0.2) is 42.4 Å². The monoisotopic (exact) mass is 717 g/mol. The third-order valence-corrected chi connectivity index (χ3v) is 13.6. The fourth-order valence-electron chi connectivity index (χ4n) is 8.01. The summed E-state index contributed by atoms with van der Waals surface area (Å²) in [6.45, 7) is 10.2. The lowest BCUT2D eigenvalue weighted by Crippen LogP contribution is -2.50. The van der Waals surface area contributed by atoms with E-state index < -0.39 is 27.4 Å². The van der Waals surface area contributed by atoms with Gasteiger partial charge in [-0.15, -0.1) is 25.3 Å². The fourth-order valence-corrected chi connectivity index (χ4v) is 10.2. The van der Waals surface area contributed by atoms with Crippen LogP contribution in [0.1, 0.15) is 94.7 Å². The Labute approximate surface area is 298 Å². The van der Waals surface area contributed by atoms with Crippen molar-refractivity contribution >= 4 is 59.3 Å². The summed E-state index contributed by atoms with van der Waals surface area (Å²) in [7, 11) is 0.172. The molecule has 0 atom stereocenters. The predicted molar refractivity (Wildman–Crippen MR) is 203 cm³/mol. The van der Waals surface area contributed by atoms with E-state index in [-0.39, 0.29) is 28.1 Å². The molecular formula is C37H50F3N5S3. The number of allylic oxidation sites excluding steroid dienone is 1. The van der Waals surface area contributed by atoms with Crippen LogP contribution in [-0.4, -0.2) is 55.1 Å². The van der Waals surface area contributed by atoms with Crippen LogP contribution in [0.2, 0.25) is 0 Å². The molecule has 2 fully saturated rings. The first kappa shape index (κ1) is 35.9. The number of thiol groups is 2. The molecule has 48 heavy (non-hydrogen) atoms. The second-order valence-corrected chi connectivity index (χ2v) is 18.5. The Morgan fingerprint density at radius 2 is 1.67 bits per heavy atom. The number of nitrogens with one attached hydrogen (secondary N) is 1. The van der Waals surface area contributed by atoms with E-state index in [4.69, 9.17) is 30.2 Å². The summed E-state index contributed by atoms with van der Waals surface area (Å²) in [6, 6.07) is 4.35. The van der Waals surface area contributed by atoms with E-state index in [2.05, 4.69) is 47.6 Å². The lowest BCUT2D eigenvalue weighted by Gasteiger charge is -2.45. The Hall–Kier alpha value is -1.95. The molecule has 2 saturated heterocycles. The van der Waals surface area contributed by atoms with E-state index in [0.29, 0.717) is 49.9 Å². The predicted octanol–water partition coefficient (Wildman–Crippen LogP) is 9.51. The van der Waals surface area contributed by atoms with Crippen LogP contribution in [0.3, 0.4) is 0 Å². The van der Waals surface area contributed by atoms with Crippen molar-refractivity contribution in [1.82, 2.24) is 14.9 Å². The number of fused-ring (bicyclic) bond motifs is 10. The molecular weight excluding hydrogens is 668 g/mol. The van der Waals surface area contributed by atoms with Gasteiger partial charge in [0.1, 0.15) is 28.0 Å². The van der Waals surface area contributed by atoms with Gasteiger partial charge in [-0.1, -0.05) is 49.9 Å². The number of hydrogen-bond acceptors (Lipinski definition) is 7. The zero-order valence-electron chi connectivity index (χ0n) is 28.3. The molecule has 5 aliphatic heterocycles. The molecule has 0 aliphatic carbocycles. The van der Waals surface area contributed by atoms with Crippen LogP contribution in [0.25, 0.3) is 6.08 Å². The molecule has 8 bridgehead atoms. The first-order valence-electron chi connectivity index (χ1n) is 17.4. The maximum atomic E-state index is 16.0. The maximum Gasteiger partial charge on any atom is 0.278 e. The zero-order valence-corrected chi connectivity index (χ0v) is 30.9. The topological polar surface area (TPSA) is 44.3 Å². The number of rotatable bonds is 1. The summed E-state index contributed by atoms with van der Waals surface area (Å²) in [6.07, 6.45) is 12.1. The van der Waals surface area contributed by atoms with E-state index in [1.165, 1.54) is 18.5 Å². The van der Waals surface area contributed by atoms with E-state index in [1.807, 2.05) is 4.90 Å². The normalized spacial score (nSPS) is 29.2. The number of benzene rings is 1. The SMILES string of the molecule is C=C1C(C2CCS(=C)CC2)=Cc2c3ncnc2N1C(S)(S)CCCCCCC(C)(C)N1CCC(CC1)C(F)(F)c1cccc(c1F)CN3. The number of nitrogens with zero attached hydrogens (tertiary/aromatic N) is 4. The zero-order chi connectivity index (χ0) is 34.3. The third-order valence-electron chi connectivity index (χ3n) is 11.1. The molecule has 0 unspecified atom stereocenters. The van der Waals surface area contributed by atoms with Crippen molar-refractivity contribution in [2.24, 2.45) is 11.8 Å². The van der Waals surface area contributed by atoms with Gasteiger partial charge in [-0.2, -0.15) is 10.5 Å². The molecule has 0 amide bonds. The molecule has 6 heterocycles. The quantitative estimate of drug-likeness (QED) is 0.156. The van der Waals surface area contributed by atoms with Crippen LogP contribution in [0.4, 0.5) is 24.8 Å². The number of halogens is 3. The van der Waals surface area contributed by atoms with E-state index in [0.717, 1.165) is 73.3 Å². The molecule has 1 aromatic carbocycles. The number of hydrogen-bond donors (Lipinski definition) is 3. The maximum absolute atomic E-state index is 16.0. The molecule has 1 aromatic heterocycles. The second kappa shape index (κ2) is 14.3. The Kier molecular flexibility index (Phi) is 10.7. The fraction of sp³-hybridized carbons (Fsp3) is 0.595. The minimum atomic E-state index is -3.27. The Bertz CT molecular complexity index is 1560. The van der Waals surface area contributed by atoms with Gasteiger partial charge in [0.15, 0.2) is 0 Å². The third kappa shape index (κ3) is 7.26. The van der Waals surface area contributed by atoms with Gasteiger partial charge in [-0.3, -0.25) is 4.90 Å². The summed E-state index contributed by atoms with van der Waals surface area (Å²) in [5.41, 5.74) is 2.27. The molecule has 0 spiro atoms. The number of piperidine rings is 1. The number of anilines is 2. The van der Waals surface area contributed by atoms with Crippen molar-refractivity contribution in [2.45, 2.75) is 100 Å². The molecule has 2 aromatic rings. The largest absolute Gasteiger partial charge is 0.365 e. The van der Waals surface area contributed by atoms with Crippen molar-refractivity contribution < 1.29 is 13.2 Å². The van der Waals surface area contributed by atoms with Crippen molar-refractivity contribution in [1.29, 1.82) is 0 Å². The molecule has 0 radical (unpaired) electrons. The van der Waals surface area contributed by atoms with Gasteiger partial charge in [0.2, 0.25) is 0 Å². The Morgan fingerprint density at radius 1 is 0.979 bits per heavy atom. The van der Waals surface area contributed by atoms with E-state index in [1.54, 1.807) is 6.07 Å². The molecule has 1 N–H and O–H groups in total. The molecule has 11 heteroatoms. The average Bonchev–Trinajstić information content (AvgIpc) is 3.05. The summed E-state index contributed by atoms with van der Waals surface area (Å²) < 4.78 is 47.2. The van der Waals surface area contributed by atoms with Crippen LogP contribution in [-0.2, 0) is 12.5 Å². The van der Waals surface area contributed by atoms with Crippen LogP contribution in [0.5, 0.6) is 0 Å². The minimum Gasteiger partial charge on any atom is -0.365 e. The average molecular weight is 718 g/mol. The van der Waals surface area contributed by atoms with Crippen molar-refractivity contribution in [2.75, 3.05) is 34.8 Å². The highest BCUT2D eigenvalue weighted by atomic mass is 32.2. The molecule has 262 valence electrons. The van der Waals surface area contributed by atoms with Gasteiger partial charge in [-0.25, -0.2) is 23.1 Å². The molecule has 5 nitrogen and oxygen atoms in total. The Morgan fingerprint density at radius 3 is 2.38 bits per heavy atom. The van der Waals surface area contributed by atoms with E-state index in [9.17, 15) is 0 Å². The van der Waals surface area contributed by atoms with Gasteiger partial charge >= 0.3 is 0 Å². The smallest absolute Gasteiger partial charge is 0.278 e. The summed E-state index contributed by atoms with van der Waals surface area (Å²) >= 11 is 10.3. The summed E-state index contributed by atoms with van der Waals surface area (Å²) in [4.78, 5) is 13.7. The number of aromatic nitrogens is 2. The first-order valence-corrected chi connectivity index (χ1v) is 20.0. The van der Waals surface area contributed by atoms with Gasteiger partial charge in [0.25, 0.3) is 5.92 Å². The molecule has 5 aliphatic rings. The molecule has 0 saturated carbocycles. The standard InChI is InChI=1S/C37H50F3N5S3/c1-25-29(26-14-20-48(4)21-15-26)22-30-33-41-23-27-10-9-11-31(32(27)38)37(39,40)28-12-18-44(19-13-28)35(2,3)16-7-5-6-8-17-36(46,47)45(25)34(30)43-24-42-33/h9-11,22,24,26,28,46-47H,1,4-8,12-21,23H2,2-3H3,(H,41,42,43). The van der Waals surface area contributed by atoms with Crippen LogP contribution >= 0.6 is 35.7 Å². The Balaban J connectivity index is 1.38. The van der Waals surface area contributed by atoms with Gasteiger partial charge in [0, 0.05) is 29.3 Å². The van der Waals surface area contributed by atoms with Crippen molar-refractivity contribution in [3.63, 3.8) is 0 Å². The number of alkyl halides is 2. The minimum absolute atomic E-state index is 0.00339. The second-order valence-electron chi connectivity index (χ2n) is 14.7. The van der Waals surface area contributed by atoms with Crippen LogP contribution in [0, 0.1) is 17.7 Å². The van der Waals surface area contributed by atoms with Crippen molar-refractivity contribution in [3.8, 4) is 0 Å². The lowest BCUT2D eigenvalue weighted by molar-refractivity contribution is -0.0959. The van der Waals surface area contributed by atoms with Crippen LogP contribution < -0.4 is 10.2 Å². The summed E-state index contributed by atoms with van der Waals surface area (Å²) in [5.74, 6) is 2.87. The van der Waals surface area contributed by atoms with Gasteiger partial charge < -0.3 is 10.2 Å². The highest BCUT2D eigenvalue weighted by Gasteiger charge is 2.46. The highest BCUT2D eigenvalue weighted by molar-refractivity contribution is 8.14. The van der Waals surface area contributed by atoms with Gasteiger partial charge in [0.05, 0.1) is 11.1 Å². The first-order chi connectivity index (χ1) is 22.8.